The summed E-state index contributed by atoms with van der Waals surface area (Å²) < 4.78 is 70.4. The maximum atomic E-state index is 12.7. The van der Waals surface area contributed by atoms with Gasteiger partial charge in [-0.2, -0.15) is 16.8 Å². The molecular weight excluding hydrogens is 510 g/mol. The van der Waals surface area contributed by atoms with Crippen LogP contribution in [0.5, 0.6) is 0 Å². The first-order valence-electron chi connectivity index (χ1n) is 11.4. The molecule has 1 atom stereocenters. The SMILES string of the molecule is CCN(c1ccccc1C(=C1C=C[C]C=C1)c1ccccc1S(=O)(=O)O)C(c1ccccc1)S(=O)(=O)O. The zero-order valence-corrected chi connectivity index (χ0v) is 21.5. The second-order valence-electron chi connectivity index (χ2n) is 8.22. The van der Waals surface area contributed by atoms with Crippen molar-refractivity contribution in [2.75, 3.05) is 11.4 Å². The Hall–Kier alpha value is -3.50. The van der Waals surface area contributed by atoms with Crippen LogP contribution in [0, 0.1) is 6.42 Å². The molecule has 1 aliphatic rings. The third-order valence-corrected chi connectivity index (χ3v) is 7.92. The van der Waals surface area contributed by atoms with Crippen LogP contribution in [-0.2, 0) is 20.2 Å². The maximum Gasteiger partial charge on any atom is 0.295 e. The molecule has 2 N–H and O–H groups in total. The standard InChI is InChI=1S/C28H25NO6S2/c1-2-29(28(37(33,34)35)22-15-7-4-8-16-22)25-19-11-9-17-23(25)27(21-13-5-3-6-14-21)24-18-10-12-20-26(24)36(30,31)32/h4-20,28H,2H2,1H3,(H,30,31,32)(H,33,34,35). The molecule has 0 aliphatic heterocycles. The third kappa shape index (κ3) is 5.75. The topological polar surface area (TPSA) is 112 Å². The number of benzene rings is 3. The molecule has 1 aliphatic carbocycles. The van der Waals surface area contributed by atoms with Gasteiger partial charge in [0.15, 0.2) is 5.37 Å². The van der Waals surface area contributed by atoms with Crippen molar-refractivity contribution in [2.45, 2.75) is 17.2 Å². The van der Waals surface area contributed by atoms with E-state index in [2.05, 4.69) is 6.42 Å². The van der Waals surface area contributed by atoms with Gasteiger partial charge in [0, 0.05) is 29.8 Å². The summed E-state index contributed by atoms with van der Waals surface area (Å²) in [5.74, 6) is 0. The van der Waals surface area contributed by atoms with Crippen molar-refractivity contribution in [1.82, 2.24) is 0 Å². The van der Waals surface area contributed by atoms with Crippen molar-refractivity contribution in [3.8, 4) is 0 Å². The molecule has 9 heteroatoms. The molecule has 0 spiro atoms. The summed E-state index contributed by atoms with van der Waals surface area (Å²) in [6.07, 6.45) is 9.80. The zero-order chi connectivity index (χ0) is 26.6. The molecule has 0 amide bonds. The molecule has 2 radical (unpaired) electrons. The lowest BCUT2D eigenvalue weighted by Crippen LogP contribution is -2.34. The highest BCUT2D eigenvalue weighted by atomic mass is 32.2. The maximum absolute atomic E-state index is 12.7. The van der Waals surface area contributed by atoms with Gasteiger partial charge < -0.3 is 4.90 Å². The fraction of sp³-hybridized carbons (Fsp3) is 0.107. The number of para-hydroxylation sites is 1. The van der Waals surface area contributed by atoms with Gasteiger partial charge in [-0.3, -0.25) is 9.11 Å². The van der Waals surface area contributed by atoms with Crippen molar-refractivity contribution >= 4 is 31.5 Å². The number of nitrogens with zero attached hydrogens (tertiary/aromatic N) is 1. The summed E-state index contributed by atoms with van der Waals surface area (Å²) in [5, 5.41) is -1.41. The van der Waals surface area contributed by atoms with E-state index in [9.17, 15) is 25.9 Å². The first kappa shape index (κ1) is 26.6. The third-order valence-electron chi connectivity index (χ3n) is 5.91. The molecule has 0 bridgehead atoms. The normalized spacial score (nSPS) is 14.4. The molecule has 3 aromatic rings. The molecule has 1 unspecified atom stereocenters. The summed E-state index contributed by atoms with van der Waals surface area (Å²) >= 11 is 0. The molecular formula is C28H25NO6S2. The number of allylic oxidation sites excluding steroid dienone is 5. The average molecular weight is 536 g/mol. The predicted molar refractivity (Wildman–Crippen MR) is 144 cm³/mol. The Morgan fingerprint density at radius 2 is 1.38 bits per heavy atom. The Bertz CT molecular complexity index is 1580. The van der Waals surface area contributed by atoms with Crippen LogP contribution in [0.3, 0.4) is 0 Å². The van der Waals surface area contributed by atoms with E-state index in [-0.39, 0.29) is 17.0 Å². The van der Waals surface area contributed by atoms with Crippen molar-refractivity contribution in [3.63, 3.8) is 0 Å². The van der Waals surface area contributed by atoms with Crippen LogP contribution in [0.4, 0.5) is 5.69 Å². The lowest BCUT2D eigenvalue weighted by molar-refractivity contribution is 0.465. The van der Waals surface area contributed by atoms with Gasteiger partial charge in [-0.25, -0.2) is 0 Å². The van der Waals surface area contributed by atoms with Gasteiger partial charge in [0.25, 0.3) is 20.2 Å². The van der Waals surface area contributed by atoms with Crippen LogP contribution in [-0.4, -0.2) is 32.5 Å². The van der Waals surface area contributed by atoms with E-state index >= 15 is 0 Å². The van der Waals surface area contributed by atoms with Gasteiger partial charge >= 0.3 is 0 Å². The van der Waals surface area contributed by atoms with E-state index in [0.29, 0.717) is 28.0 Å². The Morgan fingerprint density at radius 3 is 1.97 bits per heavy atom. The Labute approximate surface area is 217 Å². The minimum atomic E-state index is -4.60. The van der Waals surface area contributed by atoms with E-state index in [0.717, 1.165) is 0 Å². The minimum Gasteiger partial charge on any atom is -0.349 e. The molecule has 190 valence electrons. The summed E-state index contributed by atoms with van der Waals surface area (Å²) in [7, 11) is -9.20. The number of hydrogen-bond acceptors (Lipinski definition) is 5. The van der Waals surface area contributed by atoms with Gasteiger partial charge in [-0.1, -0.05) is 91.0 Å². The number of rotatable bonds is 8. The largest absolute Gasteiger partial charge is 0.349 e. The molecule has 0 saturated heterocycles. The van der Waals surface area contributed by atoms with Gasteiger partial charge in [0.1, 0.15) is 4.90 Å². The van der Waals surface area contributed by atoms with Crippen molar-refractivity contribution in [3.05, 3.63) is 132 Å². The smallest absolute Gasteiger partial charge is 0.295 e. The van der Waals surface area contributed by atoms with Gasteiger partial charge in [-0.05, 0) is 35.8 Å². The van der Waals surface area contributed by atoms with Crippen LogP contribution in [0.2, 0.25) is 0 Å². The Morgan fingerprint density at radius 1 is 0.811 bits per heavy atom. The van der Waals surface area contributed by atoms with Gasteiger partial charge in [-0.15, -0.1) is 0 Å². The zero-order valence-electron chi connectivity index (χ0n) is 19.9. The highest BCUT2D eigenvalue weighted by molar-refractivity contribution is 7.86. The summed E-state index contributed by atoms with van der Waals surface area (Å²) in [6, 6.07) is 21.4. The molecule has 3 aromatic carbocycles. The molecule has 37 heavy (non-hydrogen) atoms. The molecule has 0 aromatic heterocycles. The summed E-state index contributed by atoms with van der Waals surface area (Å²) in [5.41, 5.74) is 2.65. The van der Waals surface area contributed by atoms with Crippen molar-refractivity contribution in [2.24, 2.45) is 0 Å². The van der Waals surface area contributed by atoms with Gasteiger partial charge in [0.05, 0.1) is 0 Å². The molecule has 0 heterocycles. The molecule has 4 rings (SSSR count). The van der Waals surface area contributed by atoms with Gasteiger partial charge in [0.2, 0.25) is 0 Å². The Kier molecular flexibility index (Phi) is 7.79. The molecule has 0 fully saturated rings. The summed E-state index contributed by atoms with van der Waals surface area (Å²) in [6.45, 7) is 1.97. The quantitative estimate of drug-likeness (QED) is 0.374. The van der Waals surface area contributed by atoms with E-state index in [1.165, 1.54) is 12.1 Å². The second-order valence-corrected chi connectivity index (χ2v) is 11.1. The number of anilines is 1. The van der Waals surface area contributed by atoms with E-state index in [1.807, 2.05) is 0 Å². The second kappa shape index (κ2) is 10.9. The first-order chi connectivity index (χ1) is 17.6. The minimum absolute atomic E-state index is 0.201. The fourth-order valence-corrected chi connectivity index (χ4v) is 6.22. The van der Waals surface area contributed by atoms with E-state index in [1.54, 1.807) is 103 Å². The summed E-state index contributed by atoms with van der Waals surface area (Å²) in [4.78, 5) is 1.26. The van der Waals surface area contributed by atoms with Crippen molar-refractivity contribution < 1.29 is 25.9 Å². The van der Waals surface area contributed by atoms with E-state index < -0.39 is 25.6 Å². The fourth-order valence-electron chi connectivity index (χ4n) is 4.44. The number of hydrogen-bond donors (Lipinski definition) is 2. The van der Waals surface area contributed by atoms with E-state index in [4.69, 9.17) is 0 Å². The molecule has 7 nitrogen and oxygen atoms in total. The van der Waals surface area contributed by atoms with Crippen molar-refractivity contribution in [1.29, 1.82) is 0 Å². The Balaban J connectivity index is 2.04. The predicted octanol–water partition coefficient (Wildman–Crippen LogP) is 5.36. The monoisotopic (exact) mass is 535 g/mol. The van der Waals surface area contributed by atoms with Crippen LogP contribution in [0.25, 0.3) is 5.57 Å². The lowest BCUT2D eigenvalue weighted by Gasteiger charge is -2.33. The lowest BCUT2D eigenvalue weighted by atomic mass is 9.89. The highest BCUT2D eigenvalue weighted by Gasteiger charge is 2.33. The van der Waals surface area contributed by atoms with Crippen LogP contribution < -0.4 is 4.90 Å². The van der Waals surface area contributed by atoms with Crippen LogP contribution in [0.1, 0.15) is 29.0 Å². The first-order valence-corrected chi connectivity index (χ1v) is 14.3. The molecule has 0 saturated carbocycles. The average Bonchev–Trinajstić information content (AvgIpc) is 2.88. The van der Waals surface area contributed by atoms with Crippen LogP contribution in [0.15, 0.2) is 114 Å². The van der Waals surface area contributed by atoms with Crippen LogP contribution >= 0.6 is 0 Å². The highest BCUT2D eigenvalue weighted by Crippen LogP contribution is 2.41.